The molecular weight excluding hydrogens is 421 g/mol. The molecule has 3 rings (SSSR count). The van der Waals surface area contributed by atoms with Gasteiger partial charge in [-0.05, 0) is 49.9 Å². The van der Waals surface area contributed by atoms with Crippen molar-refractivity contribution in [3.63, 3.8) is 0 Å². The number of aryl methyl sites for hydroxylation is 1. The quantitative estimate of drug-likeness (QED) is 0.562. The standard InChI is InChI=1S/C21H23F3O5S/c1-15-9-11-16(12-10-15)30(25,26)28-14-19(29-20-8-4-5-13-27-20)17-6-2-3-7-18(17)21(22,23)24/h2-3,6-7,9-12,19-20H,4-5,8,13-14H2,1H3. The Morgan fingerprint density at radius 2 is 1.80 bits per heavy atom. The van der Waals surface area contributed by atoms with Gasteiger partial charge in [-0.25, -0.2) is 0 Å². The van der Waals surface area contributed by atoms with Gasteiger partial charge in [-0.3, -0.25) is 4.18 Å². The van der Waals surface area contributed by atoms with Gasteiger partial charge in [-0.1, -0.05) is 35.9 Å². The van der Waals surface area contributed by atoms with Crippen LogP contribution in [0.5, 0.6) is 0 Å². The molecular formula is C21H23F3O5S. The van der Waals surface area contributed by atoms with E-state index in [-0.39, 0.29) is 10.5 Å². The molecule has 0 radical (unpaired) electrons. The van der Waals surface area contributed by atoms with E-state index in [1.165, 1.54) is 30.3 Å². The molecule has 2 unspecified atom stereocenters. The lowest BCUT2D eigenvalue weighted by molar-refractivity contribution is -0.197. The molecule has 0 amide bonds. The van der Waals surface area contributed by atoms with E-state index in [2.05, 4.69) is 0 Å². The van der Waals surface area contributed by atoms with E-state index in [1.54, 1.807) is 19.1 Å². The first kappa shape index (κ1) is 22.7. The molecule has 0 bridgehead atoms. The normalized spacial score (nSPS) is 18.9. The zero-order valence-corrected chi connectivity index (χ0v) is 17.2. The van der Waals surface area contributed by atoms with Crippen LogP contribution in [-0.2, 0) is 30.0 Å². The third kappa shape index (κ3) is 5.81. The highest BCUT2D eigenvalue weighted by atomic mass is 32.2. The molecule has 164 valence electrons. The van der Waals surface area contributed by atoms with Crippen molar-refractivity contribution in [1.82, 2.24) is 0 Å². The third-order valence-electron chi connectivity index (χ3n) is 4.75. The highest BCUT2D eigenvalue weighted by molar-refractivity contribution is 7.86. The second kappa shape index (κ2) is 9.47. The molecule has 2 aromatic carbocycles. The SMILES string of the molecule is Cc1ccc(S(=O)(=O)OCC(OC2CCCCO2)c2ccccc2C(F)(F)F)cc1. The fourth-order valence-corrected chi connectivity index (χ4v) is 4.07. The van der Waals surface area contributed by atoms with Crippen LogP contribution in [0.4, 0.5) is 13.2 Å². The second-order valence-corrected chi connectivity index (χ2v) is 8.67. The Hall–Kier alpha value is -1.94. The first-order chi connectivity index (χ1) is 14.2. The lowest BCUT2D eigenvalue weighted by Crippen LogP contribution is -2.28. The first-order valence-corrected chi connectivity index (χ1v) is 11.0. The average molecular weight is 444 g/mol. The molecule has 1 aliphatic heterocycles. The molecule has 30 heavy (non-hydrogen) atoms. The minimum absolute atomic E-state index is 0.0788. The summed E-state index contributed by atoms with van der Waals surface area (Å²) < 4.78 is 81.9. The monoisotopic (exact) mass is 444 g/mol. The summed E-state index contributed by atoms with van der Waals surface area (Å²) in [6.07, 6.45) is -4.47. The third-order valence-corrected chi connectivity index (χ3v) is 6.05. The highest BCUT2D eigenvalue weighted by Gasteiger charge is 2.36. The molecule has 0 N–H and O–H groups in total. The van der Waals surface area contributed by atoms with E-state index >= 15 is 0 Å². The van der Waals surface area contributed by atoms with Crippen LogP contribution in [-0.4, -0.2) is 27.9 Å². The number of rotatable bonds is 7. The van der Waals surface area contributed by atoms with Gasteiger partial charge in [-0.15, -0.1) is 0 Å². The van der Waals surface area contributed by atoms with Gasteiger partial charge < -0.3 is 9.47 Å². The summed E-state index contributed by atoms with van der Waals surface area (Å²) >= 11 is 0. The van der Waals surface area contributed by atoms with Crippen molar-refractivity contribution in [2.24, 2.45) is 0 Å². The molecule has 1 heterocycles. The molecule has 1 fully saturated rings. The summed E-state index contributed by atoms with van der Waals surface area (Å²) in [5.41, 5.74) is -0.232. The van der Waals surface area contributed by atoms with Crippen molar-refractivity contribution in [2.45, 2.75) is 49.7 Å². The van der Waals surface area contributed by atoms with Crippen LogP contribution in [0.1, 0.15) is 42.1 Å². The Balaban J connectivity index is 1.86. The zero-order chi connectivity index (χ0) is 21.8. The number of hydrogen-bond acceptors (Lipinski definition) is 5. The second-order valence-electron chi connectivity index (χ2n) is 7.06. The van der Waals surface area contributed by atoms with Crippen LogP contribution in [0.15, 0.2) is 53.4 Å². The Bertz CT molecular complexity index is 936. The lowest BCUT2D eigenvalue weighted by Gasteiger charge is -2.29. The van der Waals surface area contributed by atoms with E-state index in [0.29, 0.717) is 13.0 Å². The first-order valence-electron chi connectivity index (χ1n) is 9.56. The van der Waals surface area contributed by atoms with E-state index in [1.807, 2.05) is 0 Å². The van der Waals surface area contributed by atoms with Gasteiger partial charge in [0.05, 0.1) is 17.1 Å². The Labute approximate surface area is 173 Å². The van der Waals surface area contributed by atoms with Crippen molar-refractivity contribution < 1.29 is 35.2 Å². The number of halogens is 3. The number of hydrogen-bond donors (Lipinski definition) is 0. The van der Waals surface area contributed by atoms with Crippen molar-refractivity contribution in [3.8, 4) is 0 Å². The largest absolute Gasteiger partial charge is 0.416 e. The lowest BCUT2D eigenvalue weighted by atomic mass is 10.0. The molecule has 5 nitrogen and oxygen atoms in total. The van der Waals surface area contributed by atoms with Gasteiger partial charge in [0.25, 0.3) is 10.1 Å². The van der Waals surface area contributed by atoms with Crippen molar-refractivity contribution in [2.75, 3.05) is 13.2 Å². The fraction of sp³-hybridized carbons (Fsp3) is 0.429. The molecule has 0 spiro atoms. The molecule has 1 aliphatic rings. The Morgan fingerprint density at radius 3 is 2.43 bits per heavy atom. The maximum Gasteiger partial charge on any atom is 0.416 e. The molecule has 1 saturated heterocycles. The summed E-state index contributed by atoms with van der Waals surface area (Å²) in [5, 5.41) is 0. The van der Waals surface area contributed by atoms with Crippen LogP contribution in [0, 0.1) is 6.92 Å². The summed E-state index contributed by atoms with van der Waals surface area (Å²) in [6.45, 7) is 1.63. The van der Waals surface area contributed by atoms with Crippen LogP contribution in [0.25, 0.3) is 0 Å². The maximum atomic E-state index is 13.5. The average Bonchev–Trinajstić information content (AvgIpc) is 2.71. The van der Waals surface area contributed by atoms with Crippen molar-refractivity contribution in [3.05, 3.63) is 65.2 Å². The molecule has 9 heteroatoms. The van der Waals surface area contributed by atoms with Gasteiger partial charge in [-0.2, -0.15) is 21.6 Å². The fourth-order valence-electron chi connectivity index (χ4n) is 3.16. The van der Waals surface area contributed by atoms with Gasteiger partial charge >= 0.3 is 6.18 Å². The summed E-state index contributed by atoms with van der Waals surface area (Å²) in [7, 11) is -4.17. The topological polar surface area (TPSA) is 61.8 Å². The smallest absolute Gasteiger partial charge is 0.353 e. The maximum absolute atomic E-state index is 13.5. The minimum atomic E-state index is -4.62. The van der Waals surface area contributed by atoms with Gasteiger partial charge in [0.2, 0.25) is 0 Å². The van der Waals surface area contributed by atoms with Crippen LogP contribution < -0.4 is 0 Å². The molecule has 0 saturated carbocycles. The predicted octanol–water partition coefficient (Wildman–Crippen LogP) is 5.00. The van der Waals surface area contributed by atoms with Crippen molar-refractivity contribution in [1.29, 1.82) is 0 Å². The minimum Gasteiger partial charge on any atom is -0.353 e. The van der Waals surface area contributed by atoms with Crippen LogP contribution >= 0.6 is 0 Å². The predicted molar refractivity (Wildman–Crippen MR) is 103 cm³/mol. The van der Waals surface area contributed by atoms with Gasteiger partial charge in [0, 0.05) is 6.61 Å². The van der Waals surface area contributed by atoms with E-state index in [9.17, 15) is 21.6 Å². The van der Waals surface area contributed by atoms with E-state index < -0.39 is 40.9 Å². The summed E-state index contributed by atoms with van der Waals surface area (Å²) in [4.78, 5) is -0.0788. The Morgan fingerprint density at radius 1 is 1.10 bits per heavy atom. The molecule has 0 aliphatic carbocycles. The zero-order valence-electron chi connectivity index (χ0n) is 16.4. The number of benzene rings is 2. The Kier molecular flexibility index (Phi) is 7.18. The summed E-state index contributed by atoms with van der Waals surface area (Å²) in [5.74, 6) is 0. The molecule has 0 aromatic heterocycles. The molecule has 2 aromatic rings. The van der Waals surface area contributed by atoms with Crippen LogP contribution in [0.2, 0.25) is 0 Å². The number of alkyl halides is 3. The molecule has 2 atom stereocenters. The van der Waals surface area contributed by atoms with Crippen LogP contribution in [0.3, 0.4) is 0 Å². The van der Waals surface area contributed by atoms with Crippen molar-refractivity contribution >= 4 is 10.1 Å². The van der Waals surface area contributed by atoms with Gasteiger partial charge in [0.1, 0.15) is 6.10 Å². The summed E-state index contributed by atoms with van der Waals surface area (Å²) in [6, 6.07) is 10.9. The number of ether oxygens (including phenoxy) is 2. The van der Waals surface area contributed by atoms with Gasteiger partial charge in [0.15, 0.2) is 6.29 Å². The van der Waals surface area contributed by atoms with E-state index in [4.69, 9.17) is 13.7 Å². The highest BCUT2D eigenvalue weighted by Crippen LogP contribution is 2.37. The van der Waals surface area contributed by atoms with E-state index in [0.717, 1.165) is 24.5 Å².